The van der Waals surface area contributed by atoms with E-state index in [1.54, 1.807) is 6.08 Å². The summed E-state index contributed by atoms with van der Waals surface area (Å²) in [5, 5.41) is 13.9. The van der Waals surface area contributed by atoms with Gasteiger partial charge in [-0.3, -0.25) is 9.36 Å². The Balaban J connectivity index is 4.01. The lowest BCUT2D eigenvalue weighted by atomic mass is 10.0. The first kappa shape index (κ1) is 83.5. The minimum atomic E-state index is -4.62. The van der Waals surface area contributed by atoms with E-state index in [2.05, 4.69) is 55.6 Å². The topological polar surface area (TPSA) is 108 Å². The van der Waals surface area contributed by atoms with Crippen LogP contribution in [-0.2, 0) is 18.4 Å². The second-order valence-corrected chi connectivity index (χ2v) is 28.4. The summed E-state index contributed by atoms with van der Waals surface area (Å²) in [6.07, 6.45) is 91.3. The molecule has 0 bridgehead atoms. The van der Waals surface area contributed by atoms with Crippen molar-refractivity contribution in [3.63, 3.8) is 0 Å². The van der Waals surface area contributed by atoms with Crippen LogP contribution in [0.5, 0.6) is 0 Å². The number of allylic oxidation sites excluding steroid dienone is 7. The fourth-order valence-corrected chi connectivity index (χ4v) is 12.1. The van der Waals surface area contributed by atoms with Gasteiger partial charge in [0.15, 0.2) is 0 Å². The molecule has 0 fully saturated rings. The molecule has 0 saturated heterocycles. The Morgan fingerprint density at radius 2 is 0.659 bits per heavy atom. The molecule has 0 aromatic rings. The van der Waals surface area contributed by atoms with Crippen molar-refractivity contribution >= 4 is 13.7 Å². The van der Waals surface area contributed by atoms with Gasteiger partial charge in [-0.25, -0.2) is 0 Å². The number of aliphatic hydroxyl groups is 1. The van der Waals surface area contributed by atoms with Crippen LogP contribution in [0.1, 0.15) is 380 Å². The zero-order valence-electron chi connectivity index (χ0n) is 57.6. The Morgan fingerprint density at radius 1 is 0.400 bits per heavy atom. The van der Waals surface area contributed by atoms with Crippen LogP contribution in [0.2, 0.25) is 0 Å². The molecule has 0 radical (unpaired) electrons. The average molecular weight is 1220 g/mol. The smallest absolute Gasteiger partial charge is 0.268 e. The van der Waals surface area contributed by atoms with Gasteiger partial charge in [-0.15, -0.1) is 0 Å². The van der Waals surface area contributed by atoms with Crippen LogP contribution < -0.4 is 10.2 Å². The Kier molecular flexibility index (Phi) is 65.7. The largest absolute Gasteiger partial charge is 0.756 e. The molecule has 0 rings (SSSR count). The summed E-state index contributed by atoms with van der Waals surface area (Å²) < 4.78 is 23.5. The normalized spacial score (nSPS) is 13.8. The third-order valence-electron chi connectivity index (χ3n) is 17.2. The third kappa shape index (κ3) is 69.8. The van der Waals surface area contributed by atoms with Gasteiger partial charge in [-0.05, 0) is 70.6 Å². The van der Waals surface area contributed by atoms with Crippen LogP contribution in [-0.4, -0.2) is 68.5 Å². The molecular formula is C76H147N2O6P. The number of quaternary nitrogens is 1. The van der Waals surface area contributed by atoms with Crippen LogP contribution in [0.3, 0.4) is 0 Å². The second-order valence-electron chi connectivity index (χ2n) is 27.0. The molecule has 0 aliphatic rings. The van der Waals surface area contributed by atoms with Gasteiger partial charge in [0.2, 0.25) is 5.91 Å². The van der Waals surface area contributed by atoms with Crippen molar-refractivity contribution in [2.45, 2.75) is 392 Å². The zero-order valence-corrected chi connectivity index (χ0v) is 58.5. The van der Waals surface area contributed by atoms with E-state index in [1.807, 2.05) is 27.2 Å². The van der Waals surface area contributed by atoms with E-state index in [1.165, 1.54) is 315 Å². The van der Waals surface area contributed by atoms with E-state index in [-0.39, 0.29) is 12.5 Å². The molecule has 3 unspecified atom stereocenters. The Labute approximate surface area is 530 Å². The third-order valence-corrected chi connectivity index (χ3v) is 18.2. The highest BCUT2D eigenvalue weighted by molar-refractivity contribution is 7.45. The Morgan fingerprint density at radius 3 is 0.953 bits per heavy atom. The second kappa shape index (κ2) is 66.9. The molecule has 502 valence electrons. The van der Waals surface area contributed by atoms with Crippen molar-refractivity contribution in [2.75, 3.05) is 40.9 Å². The van der Waals surface area contributed by atoms with Gasteiger partial charge in [0.1, 0.15) is 13.2 Å². The molecule has 0 saturated carbocycles. The lowest BCUT2D eigenvalue weighted by Gasteiger charge is -2.29. The number of unbranched alkanes of at least 4 members (excludes halogenated alkanes) is 51. The van der Waals surface area contributed by atoms with Crippen molar-refractivity contribution in [1.82, 2.24) is 5.32 Å². The number of likely N-dealkylation sites (N-methyl/N-ethyl adjacent to an activating group) is 1. The van der Waals surface area contributed by atoms with Gasteiger partial charge in [-0.1, -0.05) is 351 Å². The number of amides is 1. The maximum atomic E-state index is 13.0. The first-order chi connectivity index (χ1) is 41.5. The van der Waals surface area contributed by atoms with Gasteiger partial charge in [0.05, 0.1) is 39.9 Å². The SMILES string of the molecule is CCCCCCCCCC/C=C\CCCCCCCCCCCCCCCCCCCCCCCCCCCC(=O)NC(COP(=O)([O-])OCC[N+](C)(C)C)C(O)/C=C/CC/C=C/CC/C=C/CCCCCCCCCCCCCCCCCC. The van der Waals surface area contributed by atoms with E-state index < -0.39 is 26.6 Å². The van der Waals surface area contributed by atoms with E-state index >= 15 is 0 Å². The number of carbonyl (C=O) groups excluding carboxylic acids is 1. The van der Waals surface area contributed by atoms with E-state index in [0.717, 1.165) is 44.9 Å². The number of carbonyl (C=O) groups is 1. The molecule has 9 heteroatoms. The molecule has 0 aromatic heterocycles. The predicted molar refractivity (Wildman–Crippen MR) is 371 cm³/mol. The maximum absolute atomic E-state index is 13.0. The van der Waals surface area contributed by atoms with Crippen molar-refractivity contribution in [1.29, 1.82) is 0 Å². The number of phosphoric acid groups is 1. The first-order valence-corrected chi connectivity index (χ1v) is 39.0. The Hall–Kier alpha value is -1.54. The standard InChI is InChI=1S/C76H147N2O6P/c1-6-8-10-12-14-16-18-20-22-24-26-28-30-32-34-35-36-37-38-39-40-41-42-43-44-46-48-50-52-54-56-58-60-62-64-66-68-70-76(80)77-74(73-84-85(81,82)83-72-71-78(3,4)5)75(79)69-67-65-63-61-59-57-55-53-51-49-47-45-33-31-29-27-25-23-21-19-17-15-13-11-9-7-2/h24,26,51,53,59,61,67,69,74-75,79H,6-23,25,27-50,52,54-58,60,62-66,68,70-73H2,1-5H3,(H-,77,80,81,82)/b26-24-,53-51+,61-59+,69-67+. The summed E-state index contributed by atoms with van der Waals surface area (Å²) in [6, 6.07) is -0.911. The van der Waals surface area contributed by atoms with Crippen molar-refractivity contribution < 1.29 is 32.9 Å². The van der Waals surface area contributed by atoms with Crippen LogP contribution in [0.25, 0.3) is 0 Å². The summed E-state index contributed by atoms with van der Waals surface area (Å²) in [6.45, 7) is 4.68. The van der Waals surface area contributed by atoms with Crippen molar-refractivity contribution in [2.24, 2.45) is 0 Å². The minimum Gasteiger partial charge on any atom is -0.756 e. The molecule has 0 aromatic carbocycles. The number of nitrogens with zero attached hydrogens (tertiary/aromatic N) is 1. The first-order valence-electron chi connectivity index (χ1n) is 37.5. The quantitative estimate of drug-likeness (QED) is 0.0272. The van der Waals surface area contributed by atoms with E-state index in [9.17, 15) is 19.4 Å². The van der Waals surface area contributed by atoms with E-state index in [4.69, 9.17) is 9.05 Å². The highest BCUT2D eigenvalue weighted by atomic mass is 31.2. The molecule has 8 nitrogen and oxygen atoms in total. The molecule has 3 atom stereocenters. The predicted octanol–water partition coefficient (Wildman–Crippen LogP) is 23.5. The van der Waals surface area contributed by atoms with Gasteiger partial charge in [0.25, 0.3) is 7.82 Å². The van der Waals surface area contributed by atoms with Crippen LogP contribution in [0.15, 0.2) is 48.6 Å². The van der Waals surface area contributed by atoms with Crippen molar-refractivity contribution in [3.8, 4) is 0 Å². The Bertz CT molecular complexity index is 1530. The molecular weight excluding hydrogens is 1070 g/mol. The maximum Gasteiger partial charge on any atom is 0.268 e. The molecule has 2 N–H and O–H groups in total. The lowest BCUT2D eigenvalue weighted by molar-refractivity contribution is -0.870. The molecule has 85 heavy (non-hydrogen) atoms. The summed E-state index contributed by atoms with van der Waals surface area (Å²) >= 11 is 0. The zero-order chi connectivity index (χ0) is 61.9. The summed E-state index contributed by atoms with van der Waals surface area (Å²) in [4.78, 5) is 25.6. The van der Waals surface area contributed by atoms with Gasteiger partial charge >= 0.3 is 0 Å². The van der Waals surface area contributed by atoms with Gasteiger partial charge in [-0.2, -0.15) is 0 Å². The van der Waals surface area contributed by atoms with Gasteiger partial charge in [0, 0.05) is 6.42 Å². The number of rotatable bonds is 70. The van der Waals surface area contributed by atoms with Crippen LogP contribution in [0, 0.1) is 0 Å². The highest BCUT2D eigenvalue weighted by Crippen LogP contribution is 2.38. The molecule has 0 heterocycles. The number of phosphoric ester groups is 1. The summed E-state index contributed by atoms with van der Waals surface area (Å²) in [5.74, 6) is -0.204. The van der Waals surface area contributed by atoms with Gasteiger partial charge < -0.3 is 28.8 Å². The fourth-order valence-electron chi connectivity index (χ4n) is 11.4. The number of hydrogen-bond acceptors (Lipinski definition) is 6. The molecule has 0 aliphatic heterocycles. The number of nitrogens with one attached hydrogen (secondary N) is 1. The summed E-state index contributed by atoms with van der Waals surface area (Å²) in [5.41, 5.74) is 0. The average Bonchev–Trinajstić information content (AvgIpc) is 3.49. The van der Waals surface area contributed by atoms with Crippen LogP contribution >= 0.6 is 7.82 Å². The monoisotopic (exact) mass is 1220 g/mol. The molecule has 1 amide bonds. The van der Waals surface area contributed by atoms with E-state index in [0.29, 0.717) is 17.4 Å². The minimum absolute atomic E-state index is 0.00777. The highest BCUT2D eigenvalue weighted by Gasteiger charge is 2.23. The van der Waals surface area contributed by atoms with Crippen molar-refractivity contribution in [3.05, 3.63) is 48.6 Å². The van der Waals surface area contributed by atoms with Crippen LogP contribution in [0.4, 0.5) is 0 Å². The molecule has 0 spiro atoms. The number of hydrogen-bond donors (Lipinski definition) is 2. The number of aliphatic hydroxyl groups excluding tert-OH is 1. The fraction of sp³-hybridized carbons (Fsp3) is 0.882. The summed E-state index contributed by atoms with van der Waals surface area (Å²) in [7, 11) is 1.25. The lowest BCUT2D eigenvalue weighted by Crippen LogP contribution is -2.45. The molecule has 0 aliphatic carbocycles.